The molecule has 0 aliphatic carbocycles. The summed E-state index contributed by atoms with van der Waals surface area (Å²) < 4.78 is 10.3. The molecule has 0 spiro atoms. The van der Waals surface area contributed by atoms with Gasteiger partial charge in [0.15, 0.2) is 5.82 Å². The molecule has 0 radical (unpaired) electrons. The van der Waals surface area contributed by atoms with Crippen LogP contribution >= 0.6 is 0 Å². The van der Waals surface area contributed by atoms with E-state index < -0.39 is 6.10 Å². The van der Waals surface area contributed by atoms with Gasteiger partial charge in [0.05, 0.1) is 19.6 Å². The minimum Gasteiger partial charge on any atom is -0.497 e. The number of aliphatic hydroxyl groups is 1. The third-order valence-electron chi connectivity index (χ3n) is 3.18. The van der Waals surface area contributed by atoms with Crippen LogP contribution in [0.3, 0.4) is 0 Å². The van der Waals surface area contributed by atoms with Gasteiger partial charge in [0, 0.05) is 6.42 Å². The topological polar surface area (TPSA) is 68.4 Å². The quantitative estimate of drug-likeness (QED) is 0.876. The Kier molecular flexibility index (Phi) is 4.74. The van der Waals surface area contributed by atoms with Crippen molar-refractivity contribution in [1.82, 2.24) is 10.1 Å². The first-order chi connectivity index (χ1) is 9.58. The van der Waals surface area contributed by atoms with Gasteiger partial charge in [0.2, 0.25) is 5.89 Å². The molecule has 2 aromatic rings. The maximum atomic E-state index is 9.79. The summed E-state index contributed by atoms with van der Waals surface area (Å²) in [5.41, 5.74) is 1.09. The summed E-state index contributed by atoms with van der Waals surface area (Å²) in [5, 5.41) is 13.7. The summed E-state index contributed by atoms with van der Waals surface area (Å²) in [6, 6.07) is 7.74. The molecular formula is C15H20N2O3. The van der Waals surface area contributed by atoms with Crippen LogP contribution < -0.4 is 4.74 Å². The van der Waals surface area contributed by atoms with Crippen molar-refractivity contribution in [1.29, 1.82) is 0 Å². The zero-order valence-electron chi connectivity index (χ0n) is 12.0. The molecule has 0 bridgehead atoms. The summed E-state index contributed by atoms with van der Waals surface area (Å²) in [4.78, 5) is 4.30. The van der Waals surface area contributed by atoms with Gasteiger partial charge in [0.1, 0.15) is 5.75 Å². The lowest BCUT2D eigenvalue weighted by Gasteiger charge is -2.10. The fourth-order valence-corrected chi connectivity index (χ4v) is 1.79. The molecule has 1 aromatic heterocycles. The lowest BCUT2D eigenvalue weighted by atomic mass is 10.0. The number of hydrogen-bond acceptors (Lipinski definition) is 5. The van der Waals surface area contributed by atoms with Crippen molar-refractivity contribution in [2.24, 2.45) is 5.92 Å². The smallest absolute Gasteiger partial charge is 0.229 e. The van der Waals surface area contributed by atoms with Gasteiger partial charge in [-0.2, -0.15) is 4.98 Å². The Morgan fingerprint density at radius 1 is 1.25 bits per heavy atom. The first-order valence-electron chi connectivity index (χ1n) is 6.71. The molecule has 1 unspecified atom stereocenters. The van der Waals surface area contributed by atoms with Gasteiger partial charge < -0.3 is 14.4 Å². The van der Waals surface area contributed by atoms with Crippen LogP contribution in [-0.2, 0) is 12.8 Å². The second-order valence-electron chi connectivity index (χ2n) is 5.14. The molecule has 0 amide bonds. The number of hydrogen-bond donors (Lipinski definition) is 1. The van der Waals surface area contributed by atoms with E-state index in [1.807, 2.05) is 38.1 Å². The molecular weight excluding hydrogens is 256 g/mol. The van der Waals surface area contributed by atoms with E-state index >= 15 is 0 Å². The van der Waals surface area contributed by atoms with Crippen LogP contribution in [0.2, 0.25) is 0 Å². The number of nitrogens with zero attached hydrogens (tertiary/aromatic N) is 2. The standard InChI is InChI=1S/C15H20N2O3/c1-10(2)13(18)9-15-16-14(17-20-15)8-11-4-6-12(19-3)7-5-11/h4-7,10,13,18H,8-9H2,1-3H3. The molecule has 0 saturated heterocycles. The summed E-state index contributed by atoms with van der Waals surface area (Å²) in [6.07, 6.45) is 0.544. The third kappa shape index (κ3) is 3.81. The van der Waals surface area contributed by atoms with Crippen molar-refractivity contribution in [3.63, 3.8) is 0 Å². The van der Waals surface area contributed by atoms with Crippen LogP contribution in [0.15, 0.2) is 28.8 Å². The highest BCUT2D eigenvalue weighted by Crippen LogP contribution is 2.14. The molecule has 5 nitrogen and oxygen atoms in total. The number of aromatic nitrogens is 2. The van der Waals surface area contributed by atoms with Gasteiger partial charge in [-0.3, -0.25) is 0 Å². The molecule has 1 aromatic carbocycles. The first-order valence-corrected chi connectivity index (χ1v) is 6.71. The summed E-state index contributed by atoms with van der Waals surface area (Å²) in [6.45, 7) is 3.92. The van der Waals surface area contributed by atoms with Crippen molar-refractivity contribution >= 4 is 0 Å². The minimum absolute atomic E-state index is 0.173. The molecule has 108 valence electrons. The van der Waals surface area contributed by atoms with Crippen LogP contribution in [0.5, 0.6) is 5.75 Å². The van der Waals surface area contributed by atoms with Crippen molar-refractivity contribution in [3.05, 3.63) is 41.5 Å². The van der Waals surface area contributed by atoms with Gasteiger partial charge in [-0.05, 0) is 23.6 Å². The van der Waals surface area contributed by atoms with Crippen LogP contribution in [0, 0.1) is 5.92 Å². The Balaban J connectivity index is 1.98. The molecule has 1 atom stereocenters. The highest BCUT2D eigenvalue weighted by molar-refractivity contribution is 5.28. The third-order valence-corrected chi connectivity index (χ3v) is 3.18. The molecule has 2 rings (SSSR count). The summed E-state index contributed by atoms with van der Waals surface area (Å²) in [7, 11) is 1.64. The first kappa shape index (κ1) is 14.5. The van der Waals surface area contributed by atoms with Crippen molar-refractivity contribution in [3.8, 4) is 5.75 Å². The molecule has 1 N–H and O–H groups in total. The molecule has 20 heavy (non-hydrogen) atoms. The van der Waals surface area contributed by atoms with E-state index in [0.717, 1.165) is 11.3 Å². The summed E-state index contributed by atoms with van der Waals surface area (Å²) >= 11 is 0. The number of aliphatic hydroxyl groups excluding tert-OH is 1. The zero-order chi connectivity index (χ0) is 14.5. The van der Waals surface area contributed by atoms with Gasteiger partial charge >= 0.3 is 0 Å². The van der Waals surface area contributed by atoms with E-state index in [0.29, 0.717) is 24.6 Å². The zero-order valence-corrected chi connectivity index (χ0v) is 12.0. The SMILES string of the molecule is COc1ccc(Cc2noc(CC(O)C(C)C)n2)cc1. The fraction of sp³-hybridized carbons (Fsp3) is 0.467. The Morgan fingerprint density at radius 3 is 2.55 bits per heavy atom. The highest BCUT2D eigenvalue weighted by Gasteiger charge is 2.15. The molecule has 1 heterocycles. The monoisotopic (exact) mass is 276 g/mol. The van der Waals surface area contributed by atoms with E-state index in [1.165, 1.54) is 0 Å². The van der Waals surface area contributed by atoms with Crippen LogP contribution in [0.4, 0.5) is 0 Å². The number of rotatable bonds is 6. The van der Waals surface area contributed by atoms with Gasteiger partial charge in [-0.25, -0.2) is 0 Å². The average Bonchev–Trinajstić information content (AvgIpc) is 2.86. The van der Waals surface area contributed by atoms with Crippen molar-refractivity contribution < 1.29 is 14.4 Å². The average molecular weight is 276 g/mol. The molecule has 0 fully saturated rings. The predicted octanol–water partition coefficient (Wildman–Crippen LogP) is 2.23. The van der Waals surface area contributed by atoms with Crippen LogP contribution in [-0.4, -0.2) is 28.5 Å². The molecule has 5 heteroatoms. The van der Waals surface area contributed by atoms with E-state index in [4.69, 9.17) is 9.26 Å². The van der Waals surface area contributed by atoms with Gasteiger partial charge in [-0.15, -0.1) is 0 Å². The maximum Gasteiger partial charge on any atom is 0.229 e. The van der Waals surface area contributed by atoms with Crippen molar-refractivity contribution in [2.45, 2.75) is 32.8 Å². The van der Waals surface area contributed by atoms with E-state index in [-0.39, 0.29) is 5.92 Å². The Bertz CT molecular complexity index is 534. The maximum absolute atomic E-state index is 9.79. The van der Waals surface area contributed by atoms with E-state index in [2.05, 4.69) is 10.1 Å². The number of ether oxygens (including phenoxy) is 1. The largest absolute Gasteiger partial charge is 0.497 e. The predicted molar refractivity (Wildman–Crippen MR) is 74.6 cm³/mol. The Hall–Kier alpha value is -1.88. The van der Waals surface area contributed by atoms with E-state index in [1.54, 1.807) is 7.11 Å². The Morgan fingerprint density at radius 2 is 1.95 bits per heavy atom. The van der Waals surface area contributed by atoms with Gasteiger partial charge in [-0.1, -0.05) is 31.1 Å². The van der Waals surface area contributed by atoms with E-state index in [9.17, 15) is 5.11 Å². The number of methoxy groups -OCH3 is 1. The normalized spacial score (nSPS) is 12.7. The van der Waals surface area contributed by atoms with Crippen LogP contribution in [0.1, 0.15) is 31.1 Å². The number of benzene rings is 1. The summed E-state index contributed by atoms with van der Waals surface area (Å²) in [5.74, 6) is 2.10. The highest BCUT2D eigenvalue weighted by atomic mass is 16.5. The Labute approximate surface area is 118 Å². The second-order valence-corrected chi connectivity index (χ2v) is 5.14. The van der Waals surface area contributed by atoms with Crippen molar-refractivity contribution in [2.75, 3.05) is 7.11 Å². The molecule has 0 saturated carbocycles. The lowest BCUT2D eigenvalue weighted by Crippen LogP contribution is -2.17. The second kappa shape index (κ2) is 6.52. The molecule has 0 aliphatic rings. The fourth-order valence-electron chi connectivity index (χ4n) is 1.79. The minimum atomic E-state index is -0.454. The lowest BCUT2D eigenvalue weighted by molar-refractivity contribution is 0.116. The molecule has 0 aliphatic heterocycles. The van der Waals surface area contributed by atoms with Gasteiger partial charge in [0.25, 0.3) is 0 Å². The van der Waals surface area contributed by atoms with Crippen LogP contribution in [0.25, 0.3) is 0 Å².